The second kappa shape index (κ2) is 9.82. The Morgan fingerprint density at radius 3 is 2.59 bits per heavy atom. The third-order valence-corrected chi connectivity index (χ3v) is 5.46. The Kier molecular flexibility index (Phi) is 7.14. The molecule has 1 aliphatic carbocycles. The molecule has 1 atom stereocenters. The molecule has 1 aliphatic rings. The van der Waals surface area contributed by atoms with Crippen LogP contribution >= 0.6 is 0 Å². The number of nitriles is 1. The topological polar surface area (TPSA) is 101 Å². The molecule has 0 spiro atoms. The third-order valence-electron chi connectivity index (χ3n) is 5.46. The van der Waals surface area contributed by atoms with Crippen LogP contribution in [0.25, 0.3) is 0 Å². The van der Waals surface area contributed by atoms with Gasteiger partial charge in [0, 0.05) is 24.1 Å². The van der Waals surface area contributed by atoms with Crippen molar-refractivity contribution in [1.29, 1.82) is 5.26 Å². The average Bonchev–Trinajstić information content (AvgIpc) is 2.69. The van der Waals surface area contributed by atoms with Gasteiger partial charge in [-0.15, -0.1) is 0 Å². The predicted molar refractivity (Wildman–Crippen MR) is 121 cm³/mol. The molecule has 0 bridgehead atoms. The number of methoxy groups -OCH3 is 1. The zero-order valence-corrected chi connectivity index (χ0v) is 19.0. The van der Waals surface area contributed by atoms with E-state index in [0.717, 1.165) is 19.3 Å². The summed E-state index contributed by atoms with van der Waals surface area (Å²) in [7, 11) is 1.54. The lowest BCUT2D eigenvalue weighted by Crippen LogP contribution is -2.30. The highest BCUT2D eigenvalue weighted by molar-refractivity contribution is 5.93. The molecule has 32 heavy (non-hydrogen) atoms. The number of anilines is 1. The van der Waals surface area contributed by atoms with Crippen LogP contribution in [0.1, 0.15) is 62.9 Å². The number of pyridine rings is 1. The minimum absolute atomic E-state index is 0.00405. The summed E-state index contributed by atoms with van der Waals surface area (Å²) in [5.41, 5.74) is 1.44. The first-order valence-electron chi connectivity index (χ1n) is 10.8. The summed E-state index contributed by atoms with van der Waals surface area (Å²) in [5, 5.41) is 12.0. The quantitative estimate of drug-likeness (QED) is 0.656. The highest BCUT2D eigenvalue weighted by Gasteiger charge is 2.34. The van der Waals surface area contributed by atoms with Gasteiger partial charge in [-0.05, 0) is 57.4 Å². The Bertz CT molecular complexity index is 1030. The van der Waals surface area contributed by atoms with Crippen molar-refractivity contribution < 1.29 is 19.1 Å². The maximum atomic E-state index is 13.4. The van der Waals surface area contributed by atoms with Gasteiger partial charge in [-0.1, -0.05) is 18.6 Å². The minimum atomic E-state index is -0.661. The molecule has 1 fully saturated rings. The molecule has 7 nitrogen and oxygen atoms in total. The van der Waals surface area contributed by atoms with Gasteiger partial charge in [0.2, 0.25) is 0 Å². The number of Topliss-reactive ketones (excluding diaryl/α,β-unsaturated/α-hetero) is 1. The summed E-state index contributed by atoms with van der Waals surface area (Å²) in [6.45, 7) is 5.36. The summed E-state index contributed by atoms with van der Waals surface area (Å²) in [5.74, 6) is 0.158. The fourth-order valence-corrected chi connectivity index (χ4v) is 3.69. The van der Waals surface area contributed by atoms with Gasteiger partial charge in [0.1, 0.15) is 28.9 Å². The number of ketones is 1. The maximum absolute atomic E-state index is 13.4. The zero-order valence-electron chi connectivity index (χ0n) is 19.0. The van der Waals surface area contributed by atoms with E-state index in [0.29, 0.717) is 34.8 Å². The summed E-state index contributed by atoms with van der Waals surface area (Å²) in [6, 6.07) is 12.5. The summed E-state index contributed by atoms with van der Waals surface area (Å²) in [4.78, 5) is 30.3. The van der Waals surface area contributed by atoms with Gasteiger partial charge in [0.15, 0.2) is 0 Å². The highest BCUT2D eigenvalue weighted by atomic mass is 16.6. The number of amides is 1. The van der Waals surface area contributed by atoms with E-state index in [-0.39, 0.29) is 11.7 Å². The van der Waals surface area contributed by atoms with Crippen LogP contribution in [0.15, 0.2) is 36.4 Å². The SMILES string of the molecule is COc1ccc(C(Cc2cccc(C#N)n2)C(=O)C2CCC2)c(NC(=O)OC(C)(C)C)c1. The Balaban J connectivity index is 1.99. The van der Waals surface area contributed by atoms with Gasteiger partial charge in [-0.3, -0.25) is 10.1 Å². The van der Waals surface area contributed by atoms with Gasteiger partial charge in [-0.2, -0.15) is 5.26 Å². The molecular weight excluding hydrogens is 406 g/mol. The molecule has 1 N–H and O–H groups in total. The average molecular weight is 436 g/mol. The lowest BCUT2D eigenvalue weighted by molar-refractivity contribution is -0.126. The number of nitrogens with zero attached hydrogens (tertiary/aromatic N) is 2. The standard InChI is InChI=1S/C25H29N3O4/c1-25(2,3)32-24(30)28-22-14-19(31-4)11-12-20(22)21(23(29)16-7-5-8-16)13-17-9-6-10-18(15-26)27-17/h6,9-12,14,16,21H,5,7-8,13H2,1-4H3,(H,28,30). The molecule has 0 saturated heterocycles. The van der Waals surface area contributed by atoms with Crippen LogP contribution in [0.3, 0.4) is 0 Å². The largest absolute Gasteiger partial charge is 0.497 e. The Morgan fingerprint density at radius 1 is 1.25 bits per heavy atom. The van der Waals surface area contributed by atoms with E-state index in [4.69, 9.17) is 9.47 Å². The molecule has 1 heterocycles. The smallest absolute Gasteiger partial charge is 0.412 e. The Morgan fingerprint density at radius 2 is 2.00 bits per heavy atom. The molecule has 168 valence electrons. The number of rotatable bonds is 7. The van der Waals surface area contributed by atoms with Gasteiger partial charge < -0.3 is 9.47 Å². The van der Waals surface area contributed by atoms with E-state index < -0.39 is 17.6 Å². The molecule has 1 unspecified atom stereocenters. The minimum Gasteiger partial charge on any atom is -0.497 e. The van der Waals surface area contributed by atoms with Crippen LogP contribution in [0.5, 0.6) is 5.75 Å². The van der Waals surface area contributed by atoms with Crippen molar-refractivity contribution in [2.24, 2.45) is 5.92 Å². The summed E-state index contributed by atoms with van der Waals surface area (Å²) < 4.78 is 10.8. The van der Waals surface area contributed by atoms with E-state index in [2.05, 4.69) is 10.3 Å². The molecule has 2 aromatic rings. The van der Waals surface area contributed by atoms with Gasteiger partial charge in [0.25, 0.3) is 0 Å². The van der Waals surface area contributed by atoms with Gasteiger partial charge in [0.05, 0.1) is 18.7 Å². The summed E-state index contributed by atoms with van der Waals surface area (Å²) >= 11 is 0. The molecule has 0 radical (unpaired) electrons. The monoisotopic (exact) mass is 435 g/mol. The van der Waals surface area contributed by atoms with Crippen LogP contribution in [-0.2, 0) is 16.0 Å². The second-order valence-corrected chi connectivity index (χ2v) is 8.99. The number of nitrogens with one attached hydrogen (secondary N) is 1. The van der Waals surface area contributed by atoms with Gasteiger partial charge in [-0.25, -0.2) is 9.78 Å². The highest BCUT2D eigenvalue weighted by Crippen LogP contribution is 2.38. The number of hydrogen-bond acceptors (Lipinski definition) is 6. The third kappa shape index (κ3) is 5.85. The lowest BCUT2D eigenvalue weighted by atomic mass is 9.74. The molecule has 1 aromatic heterocycles. The number of hydrogen-bond donors (Lipinski definition) is 1. The van der Waals surface area contributed by atoms with Crippen molar-refractivity contribution in [2.75, 3.05) is 12.4 Å². The first-order valence-corrected chi connectivity index (χ1v) is 10.8. The zero-order chi connectivity index (χ0) is 23.3. The first kappa shape index (κ1) is 23.3. The molecule has 1 amide bonds. The van der Waals surface area contributed by atoms with Crippen LogP contribution in [0.4, 0.5) is 10.5 Å². The van der Waals surface area contributed by atoms with Crippen molar-refractivity contribution in [2.45, 2.75) is 58.0 Å². The molecule has 7 heteroatoms. The fourth-order valence-electron chi connectivity index (χ4n) is 3.69. The molecule has 1 aromatic carbocycles. The number of aromatic nitrogens is 1. The van der Waals surface area contributed by atoms with Crippen LogP contribution in [0.2, 0.25) is 0 Å². The van der Waals surface area contributed by atoms with Gasteiger partial charge >= 0.3 is 6.09 Å². The van der Waals surface area contributed by atoms with Crippen molar-refractivity contribution in [3.05, 3.63) is 53.3 Å². The van der Waals surface area contributed by atoms with Crippen LogP contribution in [0, 0.1) is 17.2 Å². The van der Waals surface area contributed by atoms with Crippen molar-refractivity contribution >= 4 is 17.6 Å². The van der Waals surface area contributed by atoms with E-state index in [1.165, 1.54) is 0 Å². The van der Waals surface area contributed by atoms with E-state index in [1.807, 2.05) is 12.1 Å². The molecule has 1 saturated carbocycles. The summed E-state index contributed by atoms with van der Waals surface area (Å²) in [6.07, 6.45) is 2.50. The number of benzene rings is 1. The Hall–Kier alpha value is -3.40. The lowest BCUT2D eigenvalue weighted by Gasteiger charge is -2.30. The van der Waals surface area contributed by atoms with E-state index in [1.54, 1.807) is 58.2 Å². The fraction of sp³-hybridized carbons (Fsp3) is 0.440. The van der Waals surface area contributed by atoms with E-state index in [9.17, 15) is 14.9 Å². The molecular formula is C25H29N3O4. The Labute approximate surface area is 188 Å². The van der Waals surface area contributed by atoms with Crippen LogP contribution in [-0.4, -0.2) is 29.6 Å². The number of ether oxygens (including phenoxy) is 2. The maximum Gasteiger partial charge on any atom is 0.412 e. The van der Waals surface area contributed by atoms with E-state index >= 15 is 0 Å². The molecule has 0 aliphatic heterocycles. The van der Waals surface area contributed by atoms with Crippen LogP contribution < -0.4 is 10.1 Å². The first-order chi connectivity index (χ1) is 15.2. The normalized spacial score (nSPS) is 14.6. The number of carbonyl (C=O) groups is 2. The van der Waals surface area contributed by atoms with Crippen molar-refractivity contribution in [3.8, 4) is 11.8 Å². The second-order valence-electron chi connectivity index (χ2n) is 8.99. The predicted octanol–water partition coefficient (Wildman–Crippen LogP) is 5.00. The van der Waals surface area contributed by atoms with Crippen molar-refractivity contribution in [3.63, 3.8) is 0 Å². The number of carbonyl (C=O) groups excluding carboxylic acids is 2. The van der Waals surface area contributed by atoms with Crippen molar-refractivity contribution in [1.82, 2.24) is 4.98 Å². The molecule has 3 rings (SSSR count).